The molecule has 5 heteroatoms. The molecule has 0 amide bonds. The van der Waals surface area contributed by atoms with E-state index in [-0.39, 0.29) is 0 Å². The first-order valence-electron chi connectivity index (χ1n) is 2.67. The van der Waals surface area contributed by atoms with Crippen LogP contribution < -0.4 is 5.48 Å². The molecule has 0 aliphatic carbocycles. The van der Waals surface area contributed by atoms with Crippen LogP contribution in [0.15, 0.2) is 10.4 Å². The number of nitrogens with one attached hydrogen (secondary N) is 1. The number of hydrogen-bond donors (Lipinski definition) is 2. The summed E-state index contributed by atoms with van der Waals surface area (Å²) in [4.78, 5) is 7.78. The Labute approximate surface area is 62.2 Å². The SMILES string of the molecule is Cc1csc(/N=C/NO)n1. The number of aromatic nitrogens is 1. The van der Waals surface area contributed by atoms with E-state index < -0.39 is 0 Å². The van der Waals surface area contributed by atoms with Crippen LogP contribution in [0.4, 0.5) is 5.13 Å². The summed E-state index contributed by atoms with van der Waals surface area (Å²) in [6.07, 6.45) is 1.18. The van der Waals surface area contributed by atoms with E-state index in [2.05, 4.69) is 9.98 Å². The summed E-state index contributed by atoms with van der Waals surface area (Å²) >= 11 is 1.43. The van der Waals surface area contributed by atoms with Gasteiger partial charge in [-0.1, -0.05) is 0 Å². The largest absolute Gasteiger partial charge is 0.290 e. The smallest absolute Gasteiger partial charge is 0.210 e. The summed E-state index contributed by atoms with van der Waals surface area (Å²) < 4.78 is 0. The van der Waals surface area contributed by atoms with Crippen molar-refractivity contribution in [1.29, 1.82) is 0 Å². The van der Waals surface area contributed by atoms with Crippen molar-refractivity contribution >= 4 is 22.8 Å². The van der Waals surface area contributed by atoms with Gasteiger partial charge >= 0.3 is 0 Å². The second-order valence-electron chi connectivity index (χ2n) is 1.66. The zero-order valence-corrected chi connectivity index (χ0v) is 6.22. The second kappa shape index (κ2) is 3.28. The van der Waals surface area contributed by atoms with Crippen molar-refractivity contribution in [3.05, 3.63) is 11.1 Å². The van der Waals surface area contributed by atoms with Crippen LogP contribution in [0.25, 0.3) is 0 Å². The van der Waals surface area contributed by atoms with Gasteiger partial charge in [-0.2, -0.15) is 0 Å². The molecule has 0 aliphatic rings. The second-order valence-corrected chi connectivity index (χ2v) is 2.50. The highest BCUT2D eigenvalue weighted by atomic mass is 32.1. The average molecular weight is 157 g/mol. The summed E-state index contributed by atoms with van der Waals surface area (Å²) in [7, 11) is 0. The number of hydrogen-bond acceptors (Lipinski definition) is 4. The lowest BCUT2D eigenvalue weighted by atomic mass is 10.6. The van der Waals surface area contributed by atoms with Crippen molar-refractivity contribution in [3.8, 4) is 0 Å². The van der Waals surface area contributed by atoms with Crippen LogP contribution in [0.5, 0.6) is 0 Å². The summed E-state index contributed by atoms with van der Waals surface area (Å²) in [5.41, 5.74) is 2.74. The highest BCUT2D eigenvalue weighted by molar-refractivity contribution is 7.13. The summed E-state index contributed by atoms with van der Waals surface area (Å²) in [6, 6.07) is 0. The Balaban J connectivity index is 2.67. The van der Waals surface area contributed by atoms with E-state index in [1.54, 1.807) is 5.48 Å². The summed E-state index contributed by atoms with van der Waals surface area (Å²) in [5, 5.41) is 10.6. The zero-order valence-electron chi connectivity index (χ0n) is 5.40. The molecule has 10 heavy (non-hydrogen) atoms. The van der Waals surface area contributed by atoms with E-state index in [4.69, 9.17) is 5.21 Å². The lowest BCUT2D eigenvalue weighted by Gasteiger charge is -1.81. The molecule has 1 aromatic rings. The van der Waals surface area contributed by atoms with E-state index >= 15 is 0 Å². The molecular formula is C5H7N3OS. The number of nitrogens with zero attached hydrogens (tertiary/aromatic N) is 2. The number of aryl methyl sites for hydroxylation is 1. The average Bonchev–Trinajstić information content (AvgIpc) is 2.31. The monoisotopic (exact) mass is 157 g/mol. The Bertz CT molecular complexity index is 233. The van der Waals surface area contributed by atoms with Crippen LogP contribution >= 0.6 is 11.3 Å². The van der Waals surface area contributed by atoms with Crippen molar-refractivity contribution in [2.75, 3.05) is 0 Å². The molecule has 0 unspecified atom stereocenters. The number of hydroxylamine groups is 1. The molecule has 0 radical (unpaired) electrons. The van der Waals surface area contributed by atoms with Crippen molar-refractivity contribution in [3.63, 3.8) is 0 Å². The third kappa shape index (κ3) is 1.78. The van der Waals surface area contributed by atoms with Gasteiger partial charge < -0.3 is 0 Å². The van der Waals surface area contributed by atoms with Gasteiger partial charge in [0, 0.05) is 5.38 Å². The predicted molar refractivity (Wildman–Crippen MR) is 39.9 cm³/mol. The number of thiazole rings is 1. The lowest BCUT2D eigenvalue weighted by molar-refractivity contribution is 0.240. The minimum Gasteiger partial charge on any atom is -0.290 e. The Morgan fingerprint density at radius 1 is 1.90 bits per heavy atom. The van der Waals surface area contributed by atoms with Gasteiger partial charge in [0.1, 0.15) is 6.34 Å². The topological polar surface area (TPSA) is 57.5 Å². The van der Waals surface area contributed by atoms with E-state index in [9.17, 15) is 0 Å². The van der Waals surface area contributed by atoms with Gasteiger partial charge in [0.05, 0.1) is 5.69 Å². The Morgan fingerprint density at radius 2 is 2.70 bits per heavy atom. The fourth-order valence-corrected chi connectivity index (χ4v) is 1.12. The third-order valence-corrected chi connectivity index (χ3v) is 1.71. The van der Waals surface area contributed by atoms with Gasteiger partial charge in [-0.25, -0.2) is 9.98 Å². The fraction of sp³-hybridized carbons (Fsp3) is 0.200. The molecule has 0 aliphatic heterocycles. The Hall–Kier alpha value is -0.940. The molecule has 0 bridgehead atoms. The van der Waals surface area contributed by atoms with Gasteiger partial charge in [-0.15, -0.1) is 11.3 Å². The van der Waals surface area contributed by atoms with Gasteiger partial charge in [-0.05, 0) is 6.92 Å². The first-order valence-corrected chi connectivity index (χ1v) is 3.55. The molecule has 0 atom stereocenters. The summed E-state index contributed by atoms with van der Waals surface area (Å²) in [5.74, 6) is 0. The molecule has 0 spiro atoms. The molecule has 1 aromatic heterocycles. The quantitative estimate of drug-likeness (QED) is 0.384. The van der Waals surface area contributed by atoms with Crippen molar-refractivity contribution in [1.82, 2.24) is 10.5 Å². The molecule has 2 N–H and O–H groups in total. The molecule has 0 saturated carbocycles. The van der Waals surface area contributed by atoms with Gasteiger partial charge in [0.2, 0.25) is 5.13 Å². The van der Waals surface area contributed by atoms with Gasteiger partial charge in [-0.3, -0.25) is 10.7 Å². The first-order chi connectivity index (χ1) is 4.83. The highest BCUT2D eigenvalue weighted by Crippen LogP contribution is 2.16. The van der Waals surface area contributed by atoms with E-state index in [1.165, 1.54) is 17.7 Å². The van der Waals surface area contributed by atoms with Crippen LogP contribution in [-0.2, 0) is 0 Å². The molecule has 0 fully saturated rings. The van der Waals surface area contributed by atoms with Crippen molar-refractivity contribution in [2.45, 2.75) is 6.92 Å². The number of aliphatic imine (C=N–C) groups is 1. The zero-order chi connectivity index (χ0) is 7.40. The Kier molecular flexibility index (Phi) is 2.35. The van der Waals surface area contributed by atoms with E-state index in [0.717, 1.165) is 5.69 Å². The molecule has 4 nitrogen and oxygen atoms in total. The first kappa shape index (κ1) is 7.17. The van der Waals surface area contributed by atoms with E-state index in [1.807, 2.05) is 12.3 Å². The molecular weight excluding hydrogens is 150 g/mol. The number of rotatable bonds is 2. The minimum absolute atomic E-state index is 0.638. The minimum atomic E-state index is 0.638. The van der Waals surface area contributed by atoms with Crippen LogP contribution in [0.3, 0.4) is 0 Å². The molecule has 0 saturated heterocycles. The molecule has 1 heterocycles. The molecule has 0 aromatic carbocycles. The predicted octanol–water partition coefficient (Wildman–Crippen LogP) is 1.09. The summed E-state index contributed by atoms with van der Waals surface area (Å²) in [6.45, 7) is 1.89. The molecule has 1 rings (SSSR count). The van der Waals surface area contributed by atoms with Crippen LogP contribution in [0, 0.1) is 6.92 Å². The van der Waals surface area contributed by atoms with Crippen molar-refractivity contribution in [2.24, 2.45) is 4.99 Å². The van der Waals surface area contributed by atoms with Gasteiger partial charge in [0.15, 0.2) is 0 Å². The van der Waals surface area contributed by atoms with E-state index in [0.29, 0.717) is 5.13 Å². The molecule has 54 valence electrons. The van der Waals surface area contributed by atoms with Crippen LogP contribution in [0.1, 0.15) is 5.69 Å². The van der Waals surface area contributed by atoms with Gasteiger partial charge in [0.25, 0.3) is 0 Å². The third-order valence-electron chi connectivity index (χ3n) is 0.840. The maximum absolute atomic E-state index is 8.11. The normalized spacial score (nSPS) is 10.6. The Morgan fingerprint density at radius 3 is 3.20 bits per heavy atom. The fourth-order valence-electron chi connectivity index (χ4n) is 0.485. The maximum atomic E-state index is 8.11. The standard InChI is InChI=1S/C5H7N3OS/c1-4-2-10-5(8-4)6-3-7-9/h2-3,9H,1H3,(H,6,7,8). The lowest BCUT2D eigenvalue weighted by Crippen LogP contribution is -2.00. The van der Waals surface area contributed by atoms with Crippen molar-refractivity contribution < 1.29 is 5.21 Å². The van der Waals surface area contributed by atoms with Crippen LogP contribution in [0.2, 0.25) is 0 Å². The van der Waals surface area contributed by atoms with Crippen LogP contribution in [-0.4, -0.2) is 16.5 Å². The highest BCUT2D eigenvalue weighted by Gasteiger charge is 1.91. The maximum Gasteiger partial charge on any atom is 0.210 e.